The summed E-state index contributed by atoms with van der Waals surface area (Å²) in [6, 6.07) is 5.28. The summed E-state index contributed by atoms with van der Waals surface area (Å²) in [4.78, 5) is 5.40. The predicted molar refractivity (Wildman–Crippen MR) is 61.6 cm³/mol. The first-order valence-corrected chi connectivity index (χ1v) is 6.10. The minimum atomic E-state index is -4.29. The fraction of sp³-hybridized carbons (Fsp3) is 0.538. The van der Waals surface area contributed by atoms with E-state index >= 15 is 0 Å². The number of hydrogen-bond acceptors (Lipinski definition) is 2. The molecule has 0 aliphatic heterocycles. The van der Waals surface area contributed by atoms with E-state index in [1.54, 1.807) is 6.07 Å². The molecule has 5 heteroatoms. The zero-order chi connectivity index (χ0) is 13.0. The Morgan fingerprint density at radius 2 is 1.94 bits per heavy atom. The van der Waals surface area contributed by atoms with Crippen molar-refractivity contribution in [1.29, 1.82) is 0 Å². The first-order chi connectivity index (χ1) is 8.55. The molecule has 1 fully saturated rings. The van der Waals surface area contributed by atoms with Crippen LogP contribution in [0.15, 0.2) is 24.3 Å². The summed E-state index contributed by atoms with van der Waals surface area (Å²) in [7, 11) is 0. The smallest absolute Gasteiger partial charge is 0.298 e. The van der Waals surface area contributed by atoms with Crippen molar-refractivity contribution >= 4 is 0 Å². The molecule has 1 aliphatic rings. The van der Waals surface area contributed by atoms with E-state index in [4.69, 9.17) is 4.84 Å². The maximum atomic E-state index is 12.5. The fourth-order valence-electron chi connectivity index (χ4n) is 2.11. The van der Waals surface area contributed by atoms with E-state index in [1.807, 2.05) is 0 Å². The lowest BCUT2D eigenvalue weighted by atomic mass is 10.1. The first kappa shape index (κ1) is 13.4. The molecule has 1 N–H and O–H groups in total. The van der Waals surface area contributed by atoms with Crippen LogP contribution in [0.3, 0.4) is 0 Å². The number of benzene rings is 1. The van der Waals surface area contributed by atoms with E-state index in [-0.39, 0.29) is 6.10 Å². The zero-order valence-corrected chi connectivity index (χ0v) is 9.96. The van der Waals surface area contributed by atoms with Crippen molar-refractivity contribution in [2.24, 2.45) is 0 Å². The third-order valence-electron chi connectivity index (χ3n) is 3.08. The number of alkyl halides is 3. The van der Waals surface area contributed by atoms with Gasteiger partial charge >= 0.3 is 6.18 Å². The summed E-state index contributed by atoms with van der Waals surface area (Å²) in [5, 5.41) is 0. The van der Waals surface area contributed by atoms with Gasteiger partial charge in [0.25, 0.3) is 0 Å². The molecule has 2 nitrogen and oxygen atoms in total. The molecule has 0 spiro atoms. The lowest BCUT2D eigenvalue weighted by Crippen LogP contribution is -2.21. The quantitative estimate of drug-likeness (QED) is 0.833. The summed E-state index contributed by atoms with van der Waals surface area (Å²) < 4.78 is 37.5. The van der Waals surface area contributed by atoms with Crippen LogP contribution in [-0.4, -0.2) is 6.10 Å². The molecule has 0 radical (unpaired) electrons. The van der Waals surface area contributed by atoms with Crippen LogP contribution in [0.4, 0.5) is 13.2 Å². The maximum absolute atomic E-state index is 12.5. The molecule has 1 aromatic rings. The van der Waals surface area contributed by atoms with Crippen molar-refractivity contribution in [3.05, 3.63) is 35.4 Å². The Labute approximate surface area is 104 Å². The SMILES string of the molecule is FC(F)(F)c1cccc(CNOC2CCCC2)c1. The van der Waals surface area contributed by atoms with Gasteiger partial charge in [-0.05, 0) is 24.5 Å². The maximum Gasteiger partial charge on any atom is 0.416 e. The number of nitrogens with one attached hydrogen (secondary N) is 1. The highest BCUT2D eigenvalue weighted by molar-refractivity contribution is 5.25. The Morgan fingerprint density at radius 1 is 1.22 bits per heavy atom. The minimum absolute atomic E-state index is 0.204. The van der Waals surface area contributed by atoms with Crippen molar-refractivity contribution in [3.63, 3.8) is 0 Å². The highest BCUT2D eigenvalue weighted by Crippen LogP contribution is 2.29. The second kappa shape index (κ2) is 5.71. The van der Waals surface area contributed by atoms with Crippen LogP contribution in [0.5, 0.6) is 0 Å². The molecule has 0 saturated heterocycles. The topological polar surface area (TPSA) is 21.3 Å². The van der Waals surface area contributed by atoms with Gasteiger partial charge < -0.3 is 0 Å². The summed E-state index contributed by atoms with van der Waals surface area (Å²) in [6.07, 6.45) is 0.287. The van der Waals surface area contributed by atoms with E-state index in [1.165, 1.54) is 6.07 Å². The van der Waals surface area contributed by atoms with Gasteiger partial charge in [0.1, 0.15) is 0 Å². The van der Waals surface area contributed by atoms with Crippen LogP contribution in [0.1, 0.15) is 36.8 Å². The third kappa shape index (κ3) is 3.71. The molecule has 2 rings (SSSR count). The average Bonchev–Trinajstić information content (AvgIpc) is 2.81. The van der Waals surface area contributed by atoms with Crippen molar-refractivity contribution in [3.8, 4) is 0 Å². The second-order valence-corrected chi connectivity index (χ2v) is 4.54. The molecule has 100 valence electrons. The molecule has 0 amide bonds. The Kier molecular flexibility index (Phi) is 4.24. The zero-order valence-electron chi connectivity index (χ0n) is 9.96. The monoisotopic (exact) mass is 259 g/mol. The van der Waals surface area contributed by atoms with Gasteiger partial charge in [-0.15, -0.1) is 0 Å². The molecule has 0 heterocycles. The van der Waals surface area contributed by atoms with E-state index in [0.29, 0.717) is 12.1 Å². The van der Waals surface area contributed by atoms with Crippen LogP contribution in [-0.2, 0) is 17.6 Å². The number of rotatable bonds is 4. The van der Waals surface area contributed by atoms with Gasteiger partial charge in [-0.2, -0.15) is 18.7 Å². The van der Waals surface area contributed by atoms with E-state index in [2.05, 4.69) is 5.48 Å². The predicted octanol–water partition coefficient (Wildman–Crippen LogP) is 3.67. The summed E-state index contributed by atoms with van der Waals surface area (Å²) in [5.74, 6) is 0. The highest BCUT2D eigenvalue weighted by Gasteiger charge is 2.30. The lowest BCUT2D eigenvalue weighted by Gasteiger charge is -2.12. The molecular weight excluding hydrogens is 243 g/mol. The van der Waals surface area contributed by atoms with Gasteiger partial charge in [0.2, 0.25) is 0 Å². The van der Waals surface area contributed by atoms with Gasteiger partial charge in [-0.1, -0.05) is 31.0 Å². The average molecular weight is 259 g/mol. The molecule has 1 aromatic carbocycles. The van der Waals surface area contributed by atoms with E-state index in [0.717, 1.165) is 37.8 Å². The minimum Gasteiger partial charge on any atom is -0.298 e. The Balaban J connectivity index is 1.85. The van der Waals surface area contributed by atoms with Crippen molar-refractivity contribution < 1.29 is 18.0 Å². The largest absolute Gasteiger partial charge is 0.416 e. The molecular formula is C13H16F3NO. The molecule has 0 atom stereocenters. The van der Waals surface area contributed by atoms with Gasteiger partial charge in [-0.25, -0.2) is 0 Å². The summed E-state index contributed by atoms with van der Waals surface area (Å²) in [5.41, 5.74) is 2.70. The van der Waals surface area contributed by atoms with Crippen molar-refractivity contribution in [1.82, 2.24) is 5.48 Å². The molecule has 1 aliphatic carbocycles. The highest BCUT2D eigenvalue weighted by atomic mass is 19.4. The number of hydroxylamine groups is 1. The van der Waals surface area contributed by atoms with Gasteiger partial charge in [0, 0.05) is 6.54 Å². The Bertz CT molecular complexity index is 386. The fourth-order valence-corrected chi connectivity index (χ4v) is 2.11. The van der Waals surface area contributed by atoms with Crippen LogP contribution >= 0.6 is 0 Å². The van der Waals surface area contributed by atoms with Crippen LogP contribution in [0.2, 0.25) is 0 Å². The van der Waals surface area contributed by atoms with Gasteiger partial charge in [0.05, 0.1) is 11.7 Å². The molecule has 1 saturated carbocycles. The van der Waals surface area contributed by atoms with Crippen molar-refractivity contribution in [2.45, 2.75) is 44.5 Å². The van der Waals surface area contributed by atoms with Crippen molar-refractivity contribution in [2.75, 3.05) is 0 Å². The molecule has 0 aromatic heterocycles. The molecule has 18 heavy (non-hydrogen) atoms. The molecule has 0 bridgehead atoms. The van der Waals surface area contributed by atoms with Crippen LogP contribution < -0.4 is 5.48 Å². The van der Waals surface area contributed by atoms with Crippen LogP contribution in [0, 0.1) is 0 Å². The third-order valence-corrected chi connectivity index (χ3v) is 3.08. The standard InChI is InChI=1S/C13H16F3NO/c14-13(15,16)11-5-3-4-10(8-11)9-17-18-12-6-1-2-7-12/h3-5,8,12,17H,1-2,6-7,9H2. The number of hydrogen-bond donors (Lipinski definition) is 1. The van der Waals surface area contributed by atoms with Gasteiger partial charge in [0.15, 0.2) is 0 Å². The summed E-state index contributed by atoms with van der Waals surface area (Å²) >= 11 is 0. The molecule has 0 unspecified atom stereocenters. The van der Waals surface area contributed by atoms with E-state index in [9.17, 15) is 13.2 Å². The summed E-state index contributed by atoms with van der Waals surface area (Å²) in [6.45, 7) is 0.292. The van der Waals surface area contributed by atoms with E-state index < -0.39 is 11.7 Å². The lowest BCUT2D eigenvalue weighted by molar-refractivity contribution is -0.137. The van der Waals surface area contributed by atoms with Crippen LogP contribution in [0.25, 0.3) is 0 Å². The second-order valence-electron chi connectivity index (χ2n) is 4.54. The normalized spacial score (nSPS) is 17.3. The number of halogens is 3. The Morgan fingerprint density at radius 3 is 2.61 bits per heavy atom. The first-order valence-electron chi connectivity index (χ1n) is 6.10. The Hall–Kier alpha value is -1.07. The van der Waals surface area contributed by atoms with Gasteiger partial charge in [-0.3, -0.25) is 4.84 Å².